The summed E-state index contributed by atoms with van der Waals surface area (Å²) in [6.45, 7) is 3.68. The third-order valence-corrected chi connectivity index (χ3v) is 6.58. The molecule has 2 heterocycles. The number of benzene rings is 2. The first-order valence-corrected chi connectivity index (χ1v) is 11.2. The largest absolute Gasteiger partial charge is 0.463 e. The van der Waals surface area contributed by atoms with Crippen LogP contribution in [0.2, 0.25) is 10.0 Å². The quantitative estimate of drug-likeness (QED) is 0.536. The number of carbonyl (C=O) groups is 1. The minimum absolute atomic E-state index is 0.210. The fourth-order valence-corrected chi connectivity index (χ4v) is 4.98. The highest BCUT2D eigenvalue weighted by Gasteiger charge is 2.34. The second-order valence-electron chi connectivity index (χ2n) is 6.85. The molecule has 0 radical (unpaired) electrons. The van der Waals surface area contributed by atoms with Crippen molar-refractivity contribution in [1.82, 2.24) is 4.57 Å². The van der Waals surface area contributed by atoms with E-state index in [-0.39, 0.29) is 12.2 Å². The Balaban J connectivity index is 2.00. The van der Waals surface area contributed by atoms with E-state index in [2.05, 4.69) is 4.99 Å². The smallest absolute Gasteiger partial charge is 0.338 e. The molecule has 1 unspecified atom stereocenters. The molecule has 0 aliphatic carbocycles. The highest BCUT2D eigenvalue weighted by atomic mass is 35.5. The highest BCUT2D eigenvalue weighted by Crippen LogP contribution is 2.34. The number of thiazole rings is 1. The fourth-order valence-electron chi connectivity index (χ4n) is 3.52. The average Bonchev–Trinajstić information content (AvgIpc) is 3.04. The summed E-state index contributed by atoms with van der Waals surface area (Å²) >= 11 is 14.0. The van der Waals surface area contributed by atoms with E-state index in [1.165, 1.54) is 15.9 Å². The van der Waals surface area contributed by atoms with Crippen molar-refractivity contribution >= 4 is 46.6 Å². The summed E-state index contributed by atoms with van der Waals surface area (Å²) in [7, 11) is 0. The Morgan fingerprint density at radius 2 is 1.84 bits per heavy atom. The van der Waals surface area contributed by atoms with Crippen LogP contribution in [0.5, 0.6) is 0 Å². The van der Waals surface area contributed by atoms with Crippen molar-refractivity contribution in [3.05, 3.63) is 101 Å². The summed E-state index contributed by atoms with van der Waals surface area (Å²) in [6, 6.07) is 13.7. The predicted molar refractivity (Wildman–Crippen MR) is 123 cm³/mol. The zero-order valence-electron chi connectivity index (χ0n) is 16.8. The Morgan fingerprint density at radius 3 is 2.52 bits per heavy atom. The average molecular weight is 473 g/mol. The van der Waals surface area contributed by atoms with Crippen molar-refractivity contribution < 1.29 is 9.53 Å². The lowest BCUT2D eigenvalue weighted by Crippen LogP contribution is -2.40. The molecular formula is C23H18Cl2N2O3S. The molecule has 0 bridgehead atoms. The number of hydrogen-bond donors (Lipinski definition) is 0. The molecule has 8 heteroatoms. The Bertz CT molecular complexity index is 1390. The van der Waals surface area contributed by atoms with Crippen molar-refractivity contribution in [2.24, 2.45) is 4.99 Å². The number of halogens is 2. The van der Waals surface area contributed by atoms with Crippen molar-refractivity contribution in [3.8, 4) is 0 Å². The summed E-state index contributed by atoms with van der Waals surface area (Å²) < 4.78 is 7.25. The molecule has 0 fully saturated rings. The van der Waals surface area contributed by atoms with Gasteiger partial charge in [0.15, 0.2) is 4.80 Å². The van der Waals surface area contributed by atoms with Gasteiger partial charge in [-0.25, -0.2) is 9.79 Å². The fraction of sp³-hybridized carbons (Fsp3) is 0.174. The summed E-state index contributed by atoms with van der Waals surface area (Å²) in [5.41, 5.74) is 1.88. The molecule has 0 spiro atoms. The van der Waals surface area contributed by atoms with E-state index in [0.717, 1.165) is 5.56 Å². The third kappa shape index (κ3) is 3.99. The van der Waals surface area contributed by atoms with Gasteiger partial charge in [-0.2, -0.15) is 0 Å². The predicted octanol–water partition coefficient (Wildman–Crippen LogP) is 4.11. The van der Waals surface area contributed by atoms with Crippen molar-refractivity contribution in [2.75, 3.05) is 6.61 Å². The van der Waals surface area contributed by atoms with Crippen LogP contribution in [0.25, 0.3) is 6.08 Å². The van der Waals surface area contributed by atoms with E-state index in [1.54, 1.807) is 44.2 Å². The lowest BCUT2D eigenvalue weighted by atomic mass is 9.96. The molecule has 0 saturated carbocycles. The van der Waals surface area contributed by atoms with Gasteiger partial charge in [-0.3, -0.25) is 9.36 Å². The van der Waals surface area contributed by atoms with E-state index >= 15 is 0 Å². The minimum Gasteiger partial charge on any atom is -0.463 e. The molecule has 0 N–H and O–H groups in total. The molecule has 1 atom stereocenters. The van der Waals surface area contributed by atoms with Gasteiger partial charge >= 0.3 is 5.97 Å². The van der Waals surface area contributed by atoms with Crippen molar-refractivity contribution in [2.45, 2.75) is 19.9 Å². The van der Waals surface area contributed by atoms with Crippen LogP contribution in [0, 0.1) is 0 Å². The lowest BCUT2D eigenvalue weighted by Gasteiger charge is -2.25. The number of nitrogens with zero attached hydrogens (tertiary/aromatic N) is 2. The normalized spacial score (nSPS) is 16.1. The Hall–Kier alpha value is -2.67. The standard InChI is InChI=1S/C23H18Cl2N2O3S/c1-3-30-22(29)19-13(2)26-23-27(20(19)15-9-5-7-11-17(15)25)21(28)18(31-23)12-14-8-4-6-10-16(14)24/h4-12,20H,3H2,1-2H3. The molecule has 0 saturated heterocycles. The first kappa shape index (κ1) is 21.6. The van der Waals surface area contributed by atoms with Gasteiger partial charge in [0.25, 0.3) is 5.56 Å². The Kier molecular flexibility index (Phi) is 6.14. The molecule has 158 valence electrons. The van der Waals surface area contributed by atoms with E-state index in [1.807, 2.05) is 24.3 Å². The molecule has 5 nitrogen and oxygen atoms in total. The van der Waals surface area contributed by atoms with Crippen LogP contribution in [0.1, 0.15) is 31.0 Å². The van der Waals surface area contributed by atoms with Crippen LogP contribution in [0.15, 0.2) is 69.6 Å². The molecule has 31 heavy (non-hydrogen) atoms. The van der Waals surface area contributed by atoms with Crippen molar-refractivity contribution in [1.29, 1.82) is 0 Å². The molecule has 1 aromatic heterocycles. The Labute approximate surface area is 192 Å². The van der Waals surface area contributed by atoms with Crippen LogP contribution < -0.4 is 14.9 Å². The first-order valence-electron chi connectivity index (χ1n) is 9.61. The number of aromatic nitrogens is 1. The van der Waals surface area contributed by atoms with Gasteiger partial charge in [0.1, 0.15) is 6.04 Å². The van der Waals surface area contributed by atoms with Crippen LogP contribution in [-0.2, 0) is 9.53 Å². The second kappa shape index (κ2) is 8.83. The van der Waals surface area contributed by atoms with Gasteiger partial charge in [0.05, 0.1) is 22.4 Å². The van der Waals surface area contributed by atoms with E-state index in [0.29, 0.717) is 36.2 Å². The van der Waals surface area contributed by atoms with Crippen LogP contribution in [-0.4, -0.2) is 17.1 Å². The number of rotatable bonds is 4. The van der Waals surface area contributed by atoms with E-state index < -0.39 is 12.0 Å². The molecule has 1 aliphatic rings. The van der Waals surface area contributed by atoms with Gasteiger partial charge in [-0.1, -0.05) is 70.9 Å². The van der Waals surface area contributed by atoms with Gasteiger partial charge in [0, 0.05) is 10.0 Å². The summed E-state index contributed by atoms with van der Waals surface area (Å²) in [5, 5.41) is 0.990. The van der Waals surface area contributed by atoms with Crippen LogP contribution >= 0.6 is 34.5 Å². The molecule has 0 amide bonds. The maximum absolute atomic E-state index is 13.5. The maximum Gasteiger partial charge on any atom is 0.338 e. The van der Waals surface area contributed by atoms with Crippen LogP contribution in [0.3, 0.4) is 0 Å². The van der Waals surface area contributed by atoms with E-state index in [4.69, 9.17) is 27.9 Å². The highest BCUT2D eigenvalue weighted by molar-refractivity contribution is 7.07. The number of fused-ring (bicyclic) bond motifs is 1. The molecule has 4 rings (SSSR count). The molecule has 2 aromatic carbocycles. The van der Waals surface area contributed by atoms with Gasteiger partial charge in [0.2, 0.25) is 0 Å². The monoisotopic (exact) mass is 472 g/mol. The SMILES string of the molecule is CCOC(=O)C1=C(C)N=c2sc(=Cc3ccccc3Cl)c(=O)n2C1c1ccccc1Cl. The second-order valence-corrected chi connectivity index (χ2v) is 8.67. The minimum atomic E-state index is -0.739. The molecular weight excluding hydrogens is 455 g/mol. The van der Waals surface area contributed by atoms with Gasteiger partial charge in [-0.15, -0.1) is 0 Å². The van der Waals surface area contributed by atoms with Crippen molar-refractivity contribution in [3.63, 3.8) is 0 Å². The first-order chi connectivity index (χ1) is 14.9. The molecule has 3 aromatic rings. The number of hydrogen-bond acceptors (Lipinski definition) is 5. The zero-order valence-corrected chi connectivity index (χ0v) is 19.1. The van der Waals surface area contributed by atoms with Gasteiger partial charge < -0.3 is 4.74 Å². The Morgan fingerprint density at radius 1 is 1.16 bits per heavy atom. The van der Waals surface area contributed by atoms with Crippen LogP contribution in [0.4, 0.5) is 0 Å². The number of esters is 1. The number of carbonyl (C=O) groups excluding carboxylic acids is 1. The van der Waals surface area contributed by atoms with Gasteiger partial charge in [-0.05, 0) is 43.2 Å². The summed E-state index contributed by atoms with van der Waals surface area (Å²) in [4.78, 5) is 31.4. The van der Waals surface area contributed by atoms with E-state index in [9.17, 15) is 9.59 Å². The molecule has 1 aliphatic heterocycles. The topological polar surface area (TPSA) is 60.7 Å². The summed E-state index contributed by atoms with van der Waals surface area (Å²) in [6.07, 6.45) is 1.74. The maximum atomic E-state index is 13.5. The zero-order chi connectivity index (χ0) is 22.1. The number of ether oxygens (including phenoxy) is 1. The lowest BCUT2D eigenvalue weighted by molar-refractivity contribution is -0.139. The number of allylic oxidation sites excluding steroid dienone is 1. The summed E-state index contributed by atoms with van der Waals surface area (Å²) in [5.74, 6) is -0.519. The third-order valence-electron chi connectivity index (χ3n) is 4.91.